The predicted molar refractivity (Wildman–Crippen MR) is 111 cm³/mol. The summed E-state index contributed by atoms with van der Waals surface area (Å²) in [6, 6.07) is 19.2. The van der Waals surface area contributed by atoms with Gasteiger partial charge in [-0.1, -0.05) is 41.9 Å². The topological polar surface area (TPSA) is 105 Å². The molecule has 3 aromatic rings. The fraction of sp³-hybridized carbons (Fsp3) is 0.0476. The zero-order chi connectivity index (χ0) is 21.3. The molecule has 0 spiro atoms. The summed E-state index contributed by atoms with van der Waals surface area (Å²) < 4.78 is 0. The molecule has 1 aliphatic heterocycles. The molecule has 8 nitrogen and oxygen atoms in total. The lowest BCUT2D eigenvalue weighted by Gasteiger charge is -2.37. The SMILES string of the molecule is O=C(NN1C(=O)c2cc(Cl)ccc2NC1c1ccccc1)c1ccc([N+](=O)[O-])cc1. The van der Waals surface area contributed by atoms with E-state index in [1.54, 1.807) is 12.1 Å². The van der Waals surface area contributed by atoms with E-state index in [1.807, 2.05) is 30.3 Å². The average Bonchev–Trinajstić information content (AvgIpc) is 2.76. The molecular formula is C21H15ClN4O4. The number of carbonyl (C=O) groups excluding carboxylic acids is 2. The van der Waals surface area contributed by atoms with Crippen molar-refractivity contribution < 1.29 is 14.5 Å². The van der Waals surface area contributed by atoms with Crippen molar-refractivity contribution in [3.05, 3.63) is 105 Å². The summed E-state index contributed by atoms with van der Waals surface area (Å²) >= 11 is 6.04. The average molecular weight is 423 g/mol. The molecule has 0 saturated heterocycles. The molecule has 0 saturated carbocycles. The monoisotopic (exact) mass is 422 g/mol. The molecule has 2 amide bonds. The second-order valence-electron chi connectivity index (χ2n) is 6.57. The van der Waals surface area contributed by atoms with E-state index < -0.39 is 22.9 Å². The van der Waals surface area contributed by atoms with Crippen molar-refractivity contribution >= 4 is 34.8 Å². The first kappa shape index (κ1) is 19.4. The Morgan fingerprint density at radius 3 is 2.43 bits per heavy atom. The molecule has 9 heteroatoms. The van der Waals surface area contributed by atoms with Gasteiger partial charge in [0.15, 0.2) is 0 Å². The van der Waals surface area contributed by atoms with Crippen LogP contribution in [-0.2, 0) is 0 Å². The Morgan fingerprint density at radius 1 is 1.07 bits per heavy atom. The molecule has 1 heterocycles. The van der Waals surface area contributed by atoms with E-state index in [0.717, 1.165) is 5.56 Å². The van der Waals surface area contributed by atoms with Crippen LogP contribution in [0.4, 0.5) is 11.4 Å². The van der Waals surface area contributed by atoms with E-state index in [1.165, 1.54) is 35.3 Å². The van der Waals surface area contributed by atoms with E-state index in [2.05, 4.69) is 10.7 Å². The highest BCUT2D eigenvalue weighted by Crippen LogP contribution is 2.33. The van der Waals surface area contributed by atoms with Crippen LogP contribution in [0.15, 0.2) is 72.8 Å². The number of hydrogen-bond donors (Lipinski definition) is 2. The third kappa shape index (κ3) is 3.68. The van der Waals surface area contributed by atoms with Crippen LogP contribution >= 0.6 is 11.6 Å². The molecule has 0 bridgehead atoms. The maximum Gasteiger partial charge on any atom is 0.276 e. The lowest BCUT2D eigenvalue weighted by atomic mass is 10.0. The molecule has 2 N–H and O–H groups in total. The number of carbonyl (C=O) groups is 2. The van der Waals surface area contributed by atoms with Crippen molar-refractivity contribution in [1.29, 1.82) is 0 Å². The minimum Gasteiger partial charge on any atom is -0.359 e. The van der Waals surface area contributed by atoms with E-state index >= 15 is 0 Å². The highest BCUT2D eigenvalue weighted by Gasteiger charge is 2.34. The van der Waals surface area contributed by atoms with Gasteiger partial charge in [-0.05, 0) is 35.9 Å². The van der Waals surface area contributed by atoms with Crippen molar-refractivity contribution in [3.63, 3.8) is 0 Å². The zero-order valence-electron chi connectivity index (χ0n) is 15.4. The summed E-state index contributed by atoms with van der Waals surface area (Å²) in [4.78, 5) is 36.2. The lowest BCUT2D eigenvalue weighted by Crippen LogP contribution is -2.52. The maximum atomic E-state index is 13.2. The van der Waals surface area contributed by atoms with Crippen LogP contribution in [0.2, 0.25) is 5.02 Å². The van der Waals surface area contributed by atoms with Crippen molar-refractivity contribution in [2.24, 2.45) is 0 Å². The molecule has 1 unspecified atom stereocenters. The molecule has 4 rings (SSSR count). The van der Waals surface area contributed by atoms with Crippen molar-refractivity contribution in [3.8, 4) is 0 Å². The fourth-order valence-corrected chi connectivity index (χ4v) is 3.34. The molecule has 1 atom stereocenters. The molecular weight excluding hydrogens is 408 g/mol. The molecule has 0 radical (unpaired) electrons. The van der Waals surface area contributed by atoms with Gasteiger partial charge < -0.3 is 5.32 Å². The van der Waals surface area contributed by atoms with E-state index in [0.29, 0.717) is 16.3 Å². The first-order valence-corrected chi connectivity index (χ1v) is 9.32. The minimum atomic E-state index is -0.658. The van der Waals surface area contributed by atoms with Gasteiger partial charge in [0.25, 0.3) is 17.5 Å². The van der Waals surface area contributed by atoms with E-state index in [9.17, 15) is 19.7 Å². The molecule has 150 valence electrons. The number of nitrogens with zero attached hydrogens (tertiary/aromatic N) is 2. The second kappa shape index (κ2) is 7.84. The number of hydrogen-bond acceptors (Lipinski definition) is 5. The molecule has 3 aromatic carbocycles. The number of non-ortho nitro benzene ring substituents is 1. The van der Waals surface area contributed by atoms with Gasteiger partial charge in [-0.2, -0.15) is 0 Å². The molecule has 0 aliphatic carbocycles. The normalized spacial score (nSPS) is 15.2. The first-order valence-electron chi connectivity index (χ1n) is 8.94. The number of nitrogens with one attached hydrogen (secondary N) is 2. The lowest BCUT2D eigenvalue weighted by molar-refractivity contribution is -0.384. The van der Waals surface area contributed by atoms with Crippen LogP contribution in [0.5, 0.6) is 0 Å². The van der Waals surface area contributed by atoms with Crippen molar-refractivity contribution in [2.45, 2.75) is 6.17 Å². The Hall–Kier alpha value is -3.91. The summed E-state index contributed by atoms with van der Waals surface area (Å²) in [5.74, 6) is -1.01. The van der Waals surface area contributed by atoms with Crippen molar-refractivity contribution in [2.75, 3.05) is 5.32 Å². The largest absolute Gasteiger partial charge is 0.359 e. The number of hydrazine groups is 1. The second-order valence-corrected chi connectivity index (χ2v) is 7.00. The zero-order valence-corrected chi connectivity index (χ0v) is 16.2. The van der Waals surface area contributed by atoms with Gasteiger partial charge in [-0.3, -0.25) is 25.1 Å². The van der Waals surface area contributed by atoms with Crippen LogP contribution in [0.25, 0.3) is 0 Å². The number of fused-ring (bicyclic) bond motifs is 1. The number of nitro benzene ring substituents is 1. The van der Waals surface area contributed by atoms with Crippen LogP contribution < -0.4 is 10.7 Å². The van der Waals surface area contributed by atoms with Gasteiger partial charge in [0.1, 0.15) is 6.17 Å². The Balaban J connectivity index is 1.68. The van der Waals surface area contributed by atoms with Gasteiger partial charge in [0, 0.05) is 28.4 Å². The van der Waals surface area contributed by atoms with Crippen LogP contribution in [-0.4, -0.2) is 21.7 Å². The van der Waals surface area contributed by atoms with Gasteiger partial charge in [0.05, 0.1) is 10.5 Å². The van der Waals surface area contributed by atoms with E-state index in [4.69, 9.17) is 11.6 Å². The van der Waals surface area contributed by atoms with E-state index in [-0.39, 0.29) is 11.3 Å². The third-order valence-electron chi connectivity index (χ3n) is 4.66. The molecule has 0 fully saturated rings. The molecule has 1 aliphatic rings. The Morgan fingerprint density at radius 2 is 1.77 bits per heavy atom. The molecule has 0 aromatic heterocycles. The summed E-state index contributed by atoms with van der Waals surface area (Å²) in [6.07, 6.45) is -0.658. The summed E-state index contributed by atoms with van der Waals surface area (Å²) in [6.45, 7) is 0. The van der Waals surface area contributed by atoms with Crippen LogP contribution in [0, 0.1) is 10.1 Å². The minimum absolute atomic E-state index is 0.131. The smallest absolute Gasteiger partial charge is 0.276 e. The van der Waals surface area contributed by atoms with Crippen molar-refractivity contribution in [1.82, 2.24) is 10.4 Å². The number of halogens is 1. The standard InChI is InChI=1S/C21H15ClN4O4/c22-15-8-11-18-17(12-15)21(28)25(19(23-18)13-4-2-1-3-5-13)24-20(27)14-6-9-16(10-7-14)26(29)30/h1-12,19,23H,(H,24,27). The Bertz CT molecular complexity index is 1140. The number of nitro groups is 1. The number of rotatable bonds is 4. The van der Waals surface area contributed by atoms with Gasteiger partial charge >= 0.3 is 0 Å². The maximum absolute atomic E-state index is 13.2. The number of amides is 2. The number of anilines is 1. The summed E-state index contributed by atoms with van der Waals surface area (Å²) in [5.41, 5.74) is 4.33. The van der Waals surface area contributed by atoms with Crippen LogP contribution in [0.1, 0.15) is 32.4 Å². The highest BCUT2D eigenvalue weighted by atomic mass is 35.5. The van der Waals surface area contributed by atoms with Crippen LogP contribution in [0.3, 0.4) is 0 Å². The number of benzene rings is 3. The fourth-order valence-electron chi connectivity index (χ4n) is 3.17. The summed E-state index contributed by atoms with van der Waals surface area (Å²) in [7, 11) is 0. The van der Waals surface area contributed by atoms with Gasteiger partial charge in [-0.25, -0.2) is 5.01 Å². The Labute approximate surface area is 176 Å². The van der Waals surface area contributed by atoms with Gasteiger partial charge in [0.2, 0.25) is 0 Å². The molecule has 30 heavy (non-hydrogen) atoms. The summed E-state index contributed by atoms with van der Waals surface area (Å²) in [5, 5.41) is 15.6. The first-order chi connectivity index (χ1) is 14.4. The quantitative estimate of drug-likeness (QED) is 0.485. The Kier molecular flexibility index (Phi) is 5.07. The third-order valence-corrected chi connectivity index (χ3v) is 4.89. The highest BCUT2D eigenvalue weighted by molar-refractivity contribution is 6.31. The van der Waals surface area contributed by atoms with Gasteiger partial charge in [-0.15, -0.1) is 0 Å². The predicted octanol–water partition coefficient (Wildman–Crippen LogP) is 4.16.